The molecule has 0 saturated heterocycles. The van der Waals surface area contributed by atoms with E-state index in [1.165, 1.54) is 0 Å². The molecule has 2 aromatic rings. The molecule has 6 heteroatoms. The fraction of sp³-hybridized carbons (Fsp3) is 0.429. The number of nitrogens with two attached hydrogens (primary N) is 1. The lowest BCUT2D eigenvalue weighted by Crippen LogP contribution is -2.14. The van der Waals surface area contributed by atoms with Crippen LogP contribution in [0.15, 0.2) is 28.8 Å². The summed E-state index contributed by atoms with van der Waals surface area (Å²) in [6.45, 7) is 0. The zero-order chi connectivity index (χ0) is 13.2. The number of aromatic nitrogens is 2. The van der Waals surface area contributed by atoms with Gasteiger partial charge in [0.25, 0.3) is 0 Å². The van der Waals surface area contributed by atoms with E-state index in [1.54, 1.807) is 0 Å². The maximum Gasteiger partial charge on any atom is 0.229 e. The van der Waals surface area contributed by atoms with Crippen LogP contribution in [0, 0.1) is 0 Å². The quantitative estimate of drug-likeness (QED) is 0.944. The Bertz CT molecular complexity index is 556. The van der Waals surface area contributed by atoms with Crippen molar-refractivity contribution in [1.82, 2.24) is 10.1 Å². The van der Waals surface area contributed by atoms with Gasteiger partial charge in [0.1, 0.15) is 0 Å². The topological polar surface area (TPSA) is 64.9 Å². The van der Waals surface area contributed by atoms with Crippen molar-refractivity contribution in [3.63, 3.8) is 0 Å². The van der Waals surface area contributed by atoms with E-state index < -0.39 is 0 Å². The van der Waals surface area contributed by atoms with Gasteiger partial charge >= 0.3 is 0 Å². The number of hydrogen-bond acceptors (Lipinski definition) is 4. The molecule has 2 atom stereocenters. The standard InChI is InChI=1S/C14H16ClN3O.ClH/c15-11-4-1-9(2-5-11)7-13-17-14(19-18-13)10-3-6-12(16)8-10;/h1-2,4-5,10,12H,3,6-8,16H2;1H. The minimum absolute atomic E-state index is 0. The van der Waals surface area contributed by atoms with Gasteiger partial charge < -0.3 is 10.3 Å². The van der Waals surface area contributed by atoms with Crippen molar-refractivity contribution in [1.29, 1.82) is 0 Å². The van der Waals surface area contributed by atoms with E-state index in [2.05, 4.69) is 10.1 Å². The largest absolute Gasteiger partial charge is 0.339 e. The van der Waals surface area contributed by atoms with Crippen LogP contribution in [0.25, 0.3) is 0 Å². The van der Waals surface area contributed by atoms with Gasteiger partial charge in [-0.2, -0.15) is 4.98 Å². The summed E-state index contributed by atoms with van der Waals surface area (Å²) >= 11 is 5.86. The predicted octanol–water partition coefficient (Wildman–Crippen LogP) is 3.33. The molecule has 0 radical (unpaired) electrons. The van der Waals surface area contributed by atoms with Crippen LogP contribution in [0.1, 0.15) is 42.5 Å². The molecule has 3 rings (SSSR count). The van der Waals surface area contributed by atoms with E-state index in [0.717, 1.165) is 41.6 Å². The highest BCUT2D eigenvalue weighted by Gasteiger charge is 2.27. The van der Waals surface area contributed by atoms with E-state index in [1.807, 2.05) is 24.3 Å². The molecule has 1 aromatic heterocycles. The van der Waals surface area contributed by atoms with Crippen LogP contribution in [-0.2, 0) is 6.42 Å². The Kier molecular flexibility index (Phi) is 5.02. The Labute approximate surface area is 129 Å². The monoisotopic (exact) mass is 313 g/mol. The second kappa shape index (κ2) is 6.57. The van der Waals surface area contributed by atoms with E-state index in [0.29, 0.717) is 12.3 Å². The van der Waals surface area contributed by atoms with Gasteiger partial charge in [0.2, 0.25) is 5.89 Å². The van der Waals surface area contributed by atoms with Gasteiger partial charge in [0.05, 0.1) is 0 Å². The van der Waals surface area contributed by atoms with Crippen LogP contribution in [0.3, 0.4) is 0 Å². The lowest BCUT2D eigenvalue weighted by molar-refractivity contribution is 0.350. The minimum atomic E-state index is 0. The average Bonchev–Trinajstić information content (AvgIpc) is 3.01. The van der Waals surface area contributed by atoms with Crippen LogP contribution in [0.4, 0.5) is 0 Å². The highest BCUT2D eigenvalue weighted by atomic mass is 35.5. The Hall–Kier alpha value is -1.10. The van der Waals surface area contributed by atoms with E-state index in [4.69, 9.17) is 21.9 Å². The van der Waals surface area contributed by atoms with Crippen molar-refractivity contribution in [3.05, 3.63) is 46.6 Å². The third-order valence-corrected chi connectivity index (χ3v) is 3.83. The van der Waals surface area contributed by atoms with Gasteiger partial charge in [-0.15, -0.1) is 12.4 Å². The predicted molar refractivity (Wildman–Crippen MR) is 80.4 cm³/mol. The van der Waals surface area contributed by atoms with Crippen molar-refractivity contribution in [3.8, 4) is 0 Å². The van der Waals surface area contributed by atoms with Gasteiger partial charge in [-0.05, 0) is 37.0 Å². The zero-order valence-electron chi connectivity index (χ0n) is 11.0. The normalized spacial score (nSPS) is 21.7. The Morgan fingerprint density at radius 1 is 1.25 bits per heavy atom. The molecular weight excluding hydrogens is 297 g/mol. The van der Waals surface area contributed by atoms with Crippen LogP contribution >= 0.6 is 24.0 Å². The minimum Gasteiger partial charge on any atom is -0.339 e. The van der Waals surface area contributed by atoms with Crippen molar-refractivity contribution in [2.45, 2.75) is 37.6 Å². The Morgan fingerprint density at radius 3 is 2.65 bits per heavy atom. The third-order valence-electron chi connectivity index (χ3n) is 3.58. The first-order chi connectivity index (χ1) is 9.20. The third kappa shape index (κ3) is 3.51. The number of rotatable bonds is 3. The van der Waals surface area contributed by atoms with Gasteiger partial charge in [0.15, 0.2) is 5.82 Å². The first-order valence-corrected chi connectivity index (χ1v) is 6.91. The van der Waals surface area contributed by atoms with E-state index in [-0.39, 0.29) is 18.4 Å². The Morgan fingerprint density at radius 2 is 2.00 bits per heavy atom. The highest BCUT2D eigenvalue weighted by molar-refractivity contribution is 6.30. The van der Waals surface area contributed by atoms with Gasteiger partial charge in [0, 0.05) is 23.4 Å². The van der Waals surface area contributed by atoms with Crippen molar-refractivity contribution >= 4 is 24.0 Å². The molecule has 2 unspecified atom stereocenters. The summed E-state index contributed by atoms with van der Waals surface area (Å²) in [7, 11) is 0. The molecule has 0 spiro atoms. The molecule has 1 aliphatic carbocycles. The summed E-state index contributed by atoms with van der Waals surface area (Å²) in [6.07, 6.45) is 3.70. The van der Waals surface area contributed by atoms with Crippen LogP contribution < -0.4 is 5.73 Å². The molecule has 4 nitrogen and oxygen atoms in total. The fourth-order valence-electron chi connectivity index (χ4n) is 2.53. The molecule has 0 bridgehead atoms. The molecule has 20 heavy (non-hydrogen) atoms. The SMILES string of the molecule is Cl.NC1CCC(c2nc(Cc3ccc(Cl)cc3)no2)C1. The van der Waals surface area contributed by atoms with Crippen LogP contribution in [0.5, 0.6) is 0 Å². The molecule has 0 aliphatic heterocycles. The van der Waals surface area contributed by atoms with Gasteiger partial charge in [-0.1, -0.05) is 28.9 Å². The maximum absolute atomic E-state index is 5.90. The molecular formula is C14H17Cl2N3O. The summed E-state index contributed by atoms with van der Waals surface area (Å²) in [4.78, 5) is 4.48. The number of halogens is 2. The second-order valence-electron chi connectivity index (χ2n) is 5.12. The number of hydrogen-bond donors (Lipinski definition) is 1. The molecule has 108 valence electrons. The van der Waals surface area contributed by atoms with Crippen molar-refractivity contribution in [2.24, 2.45) is 5.73 Å². The molecule has 2 N–H and O–H groups in total. The number of nitrogens with zero attached hydrogens (tertiary/aromatic N) is 2. The average molecular weight is 314 g/mol. The summed E-state index contributed by atoms with van der Waals surface area (Å²) < 4.78 is 5.35. The molecule has 1 fully saturated rings. The lowest BCUT2D eigenvalue weighted by Gasteiger charge is -2.01. The summed E-state index contributed by atoms with van der Waals surface area (Å²) in [5.41, 5.74) is 7.03. The summed E-state index contributed by atoms with van der Waals surface area (Å²) in [5.74, 6) is 1.79. The summed E-state index contributed by atoms with van der Waals surface area (Å²) in [5, 5.41) is 4.78. The van der Waals surface area contributed by atoms with Crippen LogP contribution in [0.2, 0.25) is 5.02 Å². The molecule has 1 aromatic carbocycles. The van der Waals surface area contributed by atoms with Crippen molar-refractivity contribution in [2.75, 3.05) is 0 Å². The maximum atomic E-state index is 5.90. The smallest absolute Gasteiger partial charge is 0.229 e. The first kappa shape index (κ1) is 15.3. The zero-order valence-corrected chi connectivity index (χ0v) is 12.5. The first-order valence-electron chi connectivity index (χ1n) is 6.53. The summed E-state index contributed by atoms with van der Waals surface area (Å²) in [6, 6.07) is 7.96. The Balaban J connectivity index is 0.00000147. The molecule has 0 amide bonds. The number of benzene rings is 1. The van der Waals surface area contributed by atoms with Gasteiger partial charge in [-0.3, -0.25) is 0 Å². The van der Waals surface area contributed by atoms with E-state index in [9.17, 15) is 0 Å². The molecule has 1 aliphatic rings. The molecule has 1 saturated carbocycles. The highest BCUT2D eigenvalue weighted by Crippen LogP contribution is 2.32. The van der Waals surface area contributed by atoms with Crippen LogP contribution in [-0.4, -0.2) is 16.2 Å². The molecule has 1 heterocycles. The second-order valence-corrected chi connectivity index (χ2v) is 5.56. The fourth-order valence-corrected chi connectivity index (χ4v) is 2.66. The lowest BCUT2D eigenvalue weighted by atomic mass is 10.1. The van der Waals surface area contributed by atoms with E-state index >= 15 is 0 Å². The van der Waals surface area contributed by atoms with Crippen molar-refractivity contribution < 1.29 is 4.52 Å². The van der Waals surface area contributed by atoms with Gasteiger partial charge in [-0.25, -0.2) is 0 Å².